The number of nitrogens with zero attached hydrogens (tertiary/aromatic N) is 1. The predicted molar refractivity (Wildman–Crippen MR) is 56.9 cm³/mol. The topological polar surface area (TPSA) is 57.6 Å². The Bertz CT molecular complexity index is 343. The van der Waals surface area contributed by atoms with Crippen LogP contribution in [-0.2, 0) is 9.59 Å². The van der Waals surface area contributed by atoms with Crippen LogP contribution in [0.4, 0.5) is 13.2 Å². The van der Waals surface area contributed by atoms with Gasteiger partial charge in [-0.1, -0.05) is 0 Å². The van der Waals surface area contributed by atoms with E-state index >= 15 is 0 Å². The molecule has 1 aliphatic heterocycles. The van der Waals surface area contributed by atoms with E-state index in [2.05, 4.69) is 0 Å². The van der Waals surface area contributed by atoms with E-state index in [1.54, 1.807) is 0 Å². The van der Waals surface area contributed by atoms with Crippen LogP contribution in [0.5, 0.6) is 0 Å². The third-order valence-electron chi connectivity index (χ3n) is 3.28. The summed E-state index contributed by atoms with van der Waals surface area (Å²) in [5, 5.41) is 9.13. The Hall–Kier alpha value is -1.27. The number of carboxylic acids is 1. The first-order chi connectivity index (χ1) is 8.17. The number of aliphatic carboxylic acids is 1. The summed E-state index contributed by atoms with van der Waals surface area (Å²) >= 11 is 0. The van der Waals surface area contributed by atoms with Crippen molar-refractivity contribution in [2.75, 3.05) is 6.54 Å². The molecule has 1 saturated heterocycles. The van der Waals surface area contributed by atoms with Crippen LogP contribution in [0.3, 0.4) is 0 Å². The molecule has 18 heavy (non-hydrogen) atoms. The molecule has 1 N–H and O–H groups in total. The highest BCUT2D eigenvalue weighted by atomic mass is 19.4. The van der Waals surface area contributed by atoms with E-state index in [0.29, 0.717) is 12.8 Å². The molecule has 4 nitrogen and oxygen atoms in total. The maximum Gasteiger partial charge on any atom is 0.389 e. The first kappa shape index (κ1) is 14.8. The zero-order valence-corrected chi connectivity index (χ0v) is 10.1. The lowest BCUT2D eigenvalue weighted by Gasteiger charge is -2.41. The van der Waals surface area contributed by atoms with Crippen molar-refractivity contribution in [3.05, 3.63) is 0 Å². The standard InChI is InChI=1S/C11H16F3NO3/c1-10(9(17)18)5-2-3-7-15(10)8(16)4-6-11(12,13)14/h2-7H2,1H3,(H,17,18). The highest BCUT2D eigenvalue weighted by molar-refractivity contribution is 5.87. The Labute approximate surface area is 103 Å². The summed E-state index contributed by atoms with van der Waals surface area (Å²) in [7, 11) is 0. The van der Waals surface area contributed by atoms with Crippen LogP contribution < -0.4 is 0 Å². The van der Waals surface area contributed by atoms with E-state index in [1.807, 2.05) is 0 Å². The Morgan fingerprint density at radius 2 is 1.94 bits per heavy atom. The number of halogens is 3. The second kappa shape index (κ2) is 5.16. The van der Waals surface area contributed by atoms with Gasteiger partial charge in [0.15, 0.2) is 0 Å². The van der Waals surface area contributed by atoms with E-state index < -0.39 is 36.4 Å². The molecule has 1 aliphatic rings. The second-order valence-electron chi connectivity index (χ2n) is 4.70. The van der Waals surface area contributed by atoms with E-state index in [4.69, 9.17) is 5.11 Å². The van der Waals surface area contributed by atoms with Crippen molar-refractivity contribution in [3.63, 3.8) is 0 Å². The van der Waals surface area contributed by atoms with Crippen LogP contribution in [-0.4, -0.2) is 40.1 Å². The van der Waals surface area contributed by atoms with Gasteiger partial charge >= 0.3 is 12.1 Å². The first-order valence-corrected chi connectivity index (χ1v) is 5.77. The van der Waals surface area contributed by atoms with Crippen LogP contribution in [0.15, 0.2) is 0 Å². The Morgan fingerprint density at radius 3 is 2.44 bits per heavy atom. The lowest BCUT2D eigenvalue weighted by molar-refractivity contribution is -0.164. The summed E-state index contributed by atoms with van der Waals surface area (Å²) in [5.41, 5.74) is -1.37. The van der Waals surface area contributed by atoms with Crippen LogP contribution >= 0.6 is 0 Å². The average Bonchev–Trinajstić information content (AvgIpc) is 2.25. The summed E-state index contributed by atoms with van der Waals surface area (Å²) in [4.78, 5) is 24.0. The van der Waals surface area contributed by atoms with Gasteiger partial charge in [0.05, 0.1) is 6.42 Å². The second-order valence-corrected chi connectivity index (χ2v) is 4.70. The quantitative estimate of drug-likeness (QED) is 0.852. The minimum absolute atomic E-state index is 0.208. The molecular formula is C11H16F3NO3. The van der Waals surface area contributed by atoms with Gasteiger partial charge in [-0.3, -0.25) is 4.79 Å². The molecule has 0 radical (unpaired) electrons. The van der Waals surface area contributed by atoms with Crippen molar-refractivity contribution in [3.8, 4) is 0 Å². The number of likely N-dealkylation sites (tertiary alicyclic amines) is 1. The third-order valence-corrected chi connectivity index (χ3v) is 3.28. The molecule has 1 rings (SSSR count). The first-order valence-electron chi connectivity index (χ1n) is 5.77. The minimum atomic E-state index is -4.40. The van der Waals surface area contributed by atoms with Gasteiger partial charge in [0.25, 0.3) is 0 Å². The number of carbonyl (C=O) groups is 2. The number of carbonyl (C=O) groups excluding carboxylic acids is 1. The molecule has 0 aromatic rings. The zero-order valence-electron chi connectivity index (χ0n) is 10.1. The van der Waals surface area contributed by atoms with Crippen LogP contribution in [0.25, 0.3) is 0 Å². The van der Waals surface area contributed by atoms with Crippen molar-refractivity contribution in [1.29, 1.82) is 0 Å². The number of carboxylic acid groups (broad SMARTS) is 1. The van der Waals surface area contributed by atoms with Crippen molar-refractivity contribution >= 4 is 11.9 Å². The van der Waals surface area contributed by atoms with E-state index in [-0.39, 0.29) is 13.0 Å². The van der Waals surface area contributed by atoms with Crippen molar-refractivity contribution in [2.45, 2.75) is 50.7 Å². The Balaban J connectivity index is 2.72. The summed E-state index contributed by atoms with van der Waals surface area (Å²) in [6, 6.07) is 0. The number of piperidine rings is 1. The number of rotatable bonds is 3. The molecular weight excluding hydrogens is 251 g/mol. The van der Waals surface area contributed by atoms with Gasteiger partial charge in [0.2, 0.25) is 5.91 Å². The average molecular weight is 267 g/mol. The summed E-state index contributed by atoms with van der Waals surface area (Å²) in [6.45, 7) is 1.60. The summed E-state index contributed by atoms with van der Waals surface area (Å²) < 4.78 is 36.1. The van der Waals surface area contributed by atoms with Gasteiger partial charge in [0.1, 0.15) is 5.54 Å². The molecule has 1 fully saturated rings. The number of hydrogen-bond acceptors (Lipinski definition) is 2. The maximum atomic E-state index is 12.0. The molecule has 1 amide bonds. The largest absolute Gasteiger partial charge is 0.480 e. The SMILES string of the molecule is CC1(C(=O)O)CCCCN1C(=O)CCC(F)(F)F. The van der Waals surface area contributed by atoms with Crippen LogP contribution in [0, 0.1) is 0 Å². The van der Waals surface area contributed by atoms with Gasteiger partial charge in [-0.2, -0.15) is 13.2 Å². The minimum Gasteiger partial charge on any atom is -0.480 e. The molecule has 104 valence electrons. The molecule has 1 heterocycles. The summed E-state index contributed by atoms with van der Waals surface area (Å²) in [6.07, 6.45) is -4.73. The summed E-state index contributed by atoms with van der Waals surface area (Å²) in [5.74, 6) is -1.90. The van der Waals surface area contributed by atoms with Crippen LogP contribution in [0.2, 0.25) is 0 Å². The monoisotopic (exact) mass is 267 g/mol. The van der Waals surface area contributed by atoms with Gasteiger partial charge in [-0.15, -0.1) is 0 Å². The lowest BCUT2D eigenvalue weighted by Crippen LogP contribution is -2.57. The normalized spacial score (nSPS) is 25.0. The van der Waals surface area contributed by atoms with E-state index in [9.17, 15) is 22.8 Å². The fourth-order valence-corrected chi connectivity index (χ4v) is 2.13. The van der Waals surface area contributed by atoms with Crippen molar-refractivity contribution in [2.24, 2.45) is 0 Å². The molecule has 7 heteroatoms. The smallest absolute Gasteiger partial charge is 0.389 e. The van der Waals surface area contributed by atoms with Gasteiger partial charge in [-0.25, -0.2) is 4.79 Å². The molecule has 0 aromatic heterocycles. The Morgan fingerprint density at radius 1 is 1.33 bits per heavy atom. The molecule has 0 aromatic carbocycles. The van der Waals surface area contributed by atoms with E-state index in [1.165, 1.54) is 6.92 Å². The van der Waals surface area contributed by atoms with Crippen molar-refractivity contribution in [1.82, 2.24) is 4.90 Å². The highest BCUT2D eigenvalue weighted by Crippen LogP contribution is 2.30. The lowest BCUT2D eigenvalue weighted by atomic mass is 9.88. The molecule has 0 saturated carbocycles. The third kappa shape index (κ3) is 3.36. The highest BCUT2D eigenvalue weighted by Gasteiger charge is 2.44. The molecule has 0 spiro atoms. The number of hydrogen-bond donors (Lipinski definition) is 1. The van der Waals surface area contributed by atoms with Gasteiger partial charge in [-0.05, 0) is 26.2 Å². The Kier molecular flexibility index (Phi) is 4.24. The van der Waals surface area contributed by atoms with Crippen LogP contribution in [0.1, 0.15) is 39.0 Å². The fraction of sp³-hybridized carbons (Fsp3) is 0.818. The van der Waals surface area contributed by atoms with Gasteiger partial charge < -0.3 is 10.0 Å². The predicted octanol–water partition coefficient (Wildman–Crippen LogP) is 2.18. The van der Waals surface area contributed by atoms with E-state index in [0.717, 1.165) is 4.90 Å². The molecule has 0 bridgehead atoms. The molecule has 1 unspecified atom stereocenters. The zero-order chi connectivity index (χ0) is 14.0. The van der Waals surface area contributed by atoms with Crippen molar-refractivity contribution < 1.29 is 27.9 Å². The maximum absolute atomic E-state index is 12.0. The number of amides is 1. The fourth-order valence-electron chi connectivity index (χ4n) is 2.13. The molecule has 0 aliphatic carbocycles. The van der Waals surface area contributed by atoms with Gasteiger partial charge in [0, 0.05) is 13.0 Å². The molecule has 1 atom stereocenters. The number of alkyl halides is 3.